The second-order valence-corrected chi connectivity index (χ2v) is 10.3. The van der Waals surface area contributed by atoms with Gasteiger partial charge in [-0.3, -0.25) is 0 Å². The summed E-state index contributed by atoms with van der Waals surface area (Å²) in [7, 11) is -1.31. The average molecular weight is 415 g/mol. The van der Waals surface area contributed by atoms with E-state index in [9.17, 15) is 0 Å². The van der Waals surface area contributed by atoms with Crippen LogP contribution in [0.2, 0.25) is 0 Å². The Bertz CT molecular complexity index is 1010. The molecule has 150 valence electrons. The first-order chi connectivity index (χ1) is 15.4. The van der Waals surface area contributed by atoms with Crippen LogP contribution in [0.3, 0.4) is 0 Å². The smallest absolute Gasteiger partial charge is 0.0625 e. The highest BCUT2D eigenvalue weighted by Crippen LogP contribution is 2.17. The molecule has 0 bridgehead atoms. The molecule has 0 N–H and O–H groups in total. The highest BCUT2D eigenvalue weighted by molar-refractivity contribution is 6.95. The van der Waals surface area contributed by atoms with Crippen molar-refractivity contribution in [3.63, 3.8) is 0 Å². The maximum absolute atomic E-state index is 2.26. The van der Waals surface area contributed by atoms with Gasteiger partial charge in [-0.1, -0.05) is 167 Å². The summed E-state index contributed by atoms with van der Waals surface area (Å²) in [6, 6.07) is 53.5. The average Bonchev–Trinajstić information content (AvgIpc) is 2.88. The molecule has 0 unspecified atom stereocenters. The molecule has 0 aliphatic carbocycles. The van der Waals surface area contributed by atoms with Crippen LogP contribution in [0.5, 0.6) is 0 Å². The van der Waals surface area contributed by atoms with E-state index in [0.29, 0.717) is 0 Å². The molecule has 5 aromatic rings. The molecule has 0 spiro atoms. The molecule has 0 radical (unpaired) electrons. The van der Waals surface area contributed by atoms with Crippen LogP contribution < -0.4 is 15.6 Å². The van der Waals surface area contributed by atoms with Crippen molar-refractivity contribution in [1.82, 2.24) is 0 Å². The minimum Gasteiger partial charge on any atom is -0.0625 e. The fourth-order valence-corrected chi connectivity index (χ4v) is 6.75. The molecular formula is C30H26Si. The molecule has 0 amide bonds. The lowest BCUT2D eigenvalue weighted by Gasteiger charge is -2.16. The lowest BCUT2D eigenvalue weighted by molar-refractivity contribution is 1.62. The SMILES string of the molecule is c1ccc(-c2ccccc2)cc1.c1ccc([SiH](c2ccccc2)c2ccccc2)cc1. The number of benzene rings is 5. The summed E-state index contributed by atoms with van der Waals surface area (Å²) in [4.78, 5) is 0. The van der Waals surface area contributed by atoms with Crippen molar-refractivity contribution in [3.05, 3.63) is 152 Å². The number of hydrogen-bond acceptors (Lipinski definition) is 0. The molecule has 5 rings (SSSR count). The summed E-state index contributed by atoms with van der Waals surface area (Å²) in [6.07, 6.45) is 0. The normalized spacial score (nSPS) is 10.2. The van der Waals surface area contributed by atoms with Crippen molar-refractivity contribution in [2.24, 2.45) is 0 Å². The summed E-state index contributed by atoms with van der Waals surface area (Å²) < 4.78 is 0. The molecule has 31 heavy (non-hydrogen) atoms. The molecule has 5 aromatic carbocycles. The van der Waals surface area contributed by atoms with E-state index in [-0.39, 0.29) is 0 Å². The molecule has 1 heteroatoms. The van der Waals surface area contributed by atoms with Gasteiger partial charge in [0.15, 0.2) is 0 Å². The molecular weight excluding hydrogens is 388 g/mol. The number of hydrogen-bond donors (Lipinski definition) is 0. The van der Waals surface area contributed by atoms with Gasteiger partial charge in [0.05, 0.1) is 0 Å². The summed E-state index contributed by atoms with van der Waals surface area (Å²) in [5, 5.41) is 4.42. The van der Waals surface area contributed by atoms with E-state index in [2.05, 4.69) is 140 Å². The molecule has 0 fully saturated rings. The van der Waals surface area contributed by atoms with Gasteiger partial charge in [0, 0.05) is 0 Å². The quantitative estimate of drug-likeness (QED) is 0.277. The third-order valence-electron chi connectivity index (χ3n) is 5.28. The standard InChI is InChI=1S/C18H16Si.C12H10/c1-4-10-16(11-5-1)19(17-12-6-2-7-13-17)18-14-8-3-9-15-18;1-3-7-11(8-4-1)12-9-5-2-6-10-12/h1-15,19H;1-10H. The summed E-state index contributed by atoms with van der Waals surface area (Å²) in [5.74, 6) is 0. The Labute approximate surface area is 187 Å². The fraction of sp³-hybridized carbons (Fsp3) is 0. The van der Waals surface area contributed by atoms with Crippen LogP contribution in [0.15, 0.2) is 152 Å². The van der Waals surface area contributed by atoms with Crippen molar-refractivity contribution in [2.45, 2.75) is 0 Å². The second-order valence-electron chi connectivity index (χ2n) is 7.40. The highest BCUT2D eigenvalue weighted by atomic mass is 28.3. The first kappa shape index (κ1) is 20.6. The van der Waals surface area contributed by atoms with E-state index in [4.69, 9.17) is 0 Å². The summed E-state index contributed by atoms with van der Waals surface area (Å²) in [5.41, 5.74) is 2.55. The minimum atomic E-state index is -1.31. The van der Waals surface area contributed by atoms with Gasteiger partial charge in [-0.25, -0.2) is 0 Å². The van der Waals surface area contributed by atoms with Crippen LogP contribution in [-0.2, 0) is 0 Å². The highest BCUT2D eigenvalue weighted by Gasteiger charge is 2.17. The van der Waals surface area contributed by atoms with Crippen LogP contribution >= 0.6 is 0 Å². The van der Waals surface area contributed by atoms with Gasteiger partial charge in [-0.15, -0.1) is 0 Å². The zero-order chi connectivity index (χ0) is 21.1. The van der Waals surface area contributed by atoms with Crippen molar-refractivity contribution < 1.29 is 0 Å². The maximum atomic E-state index is 2.26. The molecule has 0 aliphatic heterocycles. The minimum absolute atomic E-state index is 1.28. The van der Waals surface area contributed by atoms with Gasteiger partial charge < -0.3 is 0 Å². The zero-order valence-electron chi connectivity index (χ0n) is 17.5. The Balaban J connectivity index is 0.000000166. The topological polar surface area (TPSA) is 0 Å². The van der Waals surface area contributed by atoms with Gasteiger partial charge in [-0.05, 0) is 11.1 Å². The summed E-state index contributed by atoms with van der Waals surface area (Å²) >= 11 is 0. The van der Waals surface area contributed by atoms with Gasteiger partial charge in [-0.2, -0.15) is 0 Å². The first-order valence-electron chi connectivity index (χ1n) is 10.7. The van der Waals surface area contributed by atoms with Gasteiger partial charge >= 0.3 is 0 Å². The van der Waals surface area contributed by atoms with Crippen molar-refractivity contribution >= 4 is 24.4 Å². The summed E-state index contributed by atoms with van der Waals surface area (Å²) in [6.45, 7) is 0. The lowest BCUT2D eigenvalue weighted by Crippen LogP contribution is -2.51. The molecule has 0 saturated carbocycles. The Morgan fingerprint density at radius 1 is 0.258 bits per heavy atom. The van der Waals surface area contributed by atoms with Crippen molar-refractivity contribution in [2.75, 3.05) is 0 Å². The number of rotatable bonds is 4. The molecule has 0 aromatic heterocycles. The molecule has 0 aliphatic rings. The van der Waals surface area contributed by atoms with Crippen LogP contribution in [0.1, 0.15) is 0 Å². The largest absolute Gasteiger partial charge is 0.132 e. The first-order valence-corrected chi connectivity index (χ1v) is 12.4. The van der Waals surface area contributed by atoms with E-state index in [0.717, 1.165) is 0 Å². The molecule has 0 nitrogen and oxygen atoms in total. The van der Waals surface area contributed by atoms with Gasteiger partial charge in [0.25, 0.3) is 0 Å². The van der Waals surface area contributed by atoms with Crippen molar-refractivity contribution in [3.8, 4) is 11.1 Å². The predicted octanol–water partition coefficient (Wildman–Crippen LogP) is 5.29. The van der Waals surface area contributed by atoms with Gasteiger partial charge in [0.1, 0.15) is 8.80 Å². The Kier molecular flexibility index (Phi) is 7.25. The fourth-order valence-electron chi connectivity index (χ4n) is 3.78. The molecule has 0 heterocycles. The van der Waals surface area contributed by atoms with E-state index in [1.54, 1.807) is 0 Å². The van der Waals surface area contributed by atoms with Gasteiger partial charge in [0.2, 0.25) is 0 Å². The maximum Gasteiger partial charge on any atom is 0.132 e. The van der Waals surface area contributed by atoms with E-state index in [1.807, 2.05) is 12.1 Å². The lowest BCUT2D eigenvalue weighted by atomic mass is 10.1. The predicted molar refractivity (Wildman–Crippen MR) is 137 cm³/mol. The van der Waals surface area contributed by atoms with E-state index in [1.165, 1.54) is 26.7 Å². The molecule has 0 atom stereocenters. The third kappa shape index (κ3) is 5.69. The monoisotopic (exact) mass is 414 g/mol. The van der Waals surface area contributed by atoms with E-state index >= 15 is 0 Å². The Morgan fingerprint density at radius 3 is 0.742 bits per heavy atom. The Hall–Kier alpha value is -3.68. The zero-order valence-corrected chi connectivity index (χ0v) is 18.7. The van der Waals surface area contributed by atoms with Crippen molar-refractivity contribution in [1.29, 1.82) is 0 Å². The third-order valence-corrected chi connectivity index (χ3v) is 8.43. The van der Waals surface area contributed by atoms with Crippen LogP contribution in [-0.4, -0.2) is 8.80 Å². The van der Waals surface area contributed by atoms with Crippen LogP contribution in [0, 0.1) is 0 Å². The van der Waals surface area contributed by atoms with Crippen LogP contribution in [0.25, 0.3) is 11.1 Å². The Morgan fingerprint density at radius 2 is 0.484 bits per heavy atom. The van der Waals surface area contributed by atoms with E-state index < -0.39 is 8.80 Å². The second kappa shape index (κ2) is 10.9. The van der Waals surface area contributed by atoms with Crippen LogP contribution in [0.4, 0.5) is 0 Å². The molecule has 0 saturated heterocycles.